The first-order chi connectivity index (χ1) is 23.2. The van der Waals surface area contributed by atoms with Gasteiger partial charge >= 0.3 is 0 Å². The molecule has 0 saturated heterocycles. The van der Waals surface area contributed by atoms with Crippen LogP contribution in [0.15, 0.2) is 159 Å². The third-order valence-electron chi connectivity index (χ3n) is 9.53. The fourth-order valence-electron chi connectivity index (χ4n) is 7.46. The van der Waals surface area contributed by atoms with E-state index in [1.165, 1.54) is 49.4 Å². The van der Waals surface area contributed by atoms with E-state index in [1.807, 2.05) is 12.2 Å². The topological polar surface area (TPSA) is 17.3 Å². The van der Waals surface area contributed by atoms with Crippen molar-refractivity contribution in [2.24, 2.45) is 0 Å². The van der Waals surface area contributed by atoms with E-state index in [1.54, 1.807) is 0 Å². The molecule has 0 radical (unpaired) electrons. The molecule has 2 nitrogen and oxygen atoms in total. The maximum Gasteiger partial charge on any atom is 0.146 e. The maximum atomic E-state index is 5.25. The lowest BCUT2D eigenvalue weighted by Crippen LogP contribution is -1.97. The molecule has 2 heterocycles. The van der Waals surface area contributed by atoms with Crippen LogP contribution in [0.5, 0.6) is 0 Å². The summed E-state index contributed by atoms with van der Waals surface area (Å²) < 4.78 is 2.23. The number of aromatic nitrogens is 2. The molecule has 0 unspecified atom stereocenters. The Hall–Kier alpha value is -6.25. The van der Waals surface area contributed by atoms with Crippen molar-refractivity contribution < 1.29 is 0 Å². The van der Waals surface area contributed by atoms with Crippen molar-refractivity contribution in [2.45, 2.75) is 0 Å². The molecule has 0 saturated carbocycles. The van der Waals surface area contributed by atoms with E-state index in [2.05, 4.69) is 163 Å². The largest absolute Gasteiger partial charge is 0.292 e. The lowest BCUT2D eigenvalue weighted by atomic mass is 9.85. The zero-order chi connectivity index (χ0) is 31.5. The van der Waals surface area contributed by atoms with E-state index in [9.17, 15) is 0 Å². The Morgan fingerprint density at radius 1 is 0.447 bits per heavy atom. The first kappa shape index (κ1) is 27.1. The second-order valence-corrected chi connectivity index (χ2v) is 12.0. The Balaban J connectivity index is 1.30. The summed E-state index contributed by atoms with van der Waals surface area (Å²) in [5, 5.41) is 7.15. The van der Waals surface area contributed by atoms with Gasteiger partial charge in [-0.25, -0.2) is 4.98 Å². The molecule has 0 fully saturated rings. The Kier molecular flexibility index (Phi) is 6.16. The van der Waals surface area contributed by atoms with Crippen LogP contribution in [0.2, 0.25) is 0 Å². The van der Waals surface area contributed by atoms with Crippen molar-refractivity contribution in [3.05, 3.63) is 170 Å². The van der Waals surface area contributed by atoms with Gasteiger partial charge < -0.3 is 0 Å². The molecular formula is C45H30N2. The summed E-state index contributed by atoms with van der Waals surface area (Å²) in [6, 6.07) is 52.3. The third-order valence-corrected chi connectivity index (χ3v) is 9.53. The fraction of sp³-hybridized carbons (Fsp3) is 0. The molecule has 2 aromatic heterocycles. The Labute approximate surface area is 273 Å². The minimum Gasteiger partial charge on any atom is -0.292 e. The number of nitrogens with zero attached hydrogens (tertiary/aromatic N) is 2. The van der Waals surface area contributed by atoms with Crippen molar-refractivity contribution >= 4 is 61.1 Å². The molecule has 0 bridgehead atoms. The van der Waals surface area contributed by atoms with Gasteiger partial charge in [0, 0.05) is 10.9 Å². The predicted molar refractivity (Wildman–Crippen MR) is 202 cm³/mol. The van der Waals surface area contributed by atoms with Crippen molar-refractivity contribution in [2.75, 3.05) is 0 Å². The highest BCUT2D eigenvalue weighted by atomic mass is 15.0. The number of benzene rings is 7. The monoisotopic (exact) mass is 598 g/mol. The molecule has 7 aromatic carbocycles. The lowest BCUT2D eigenvalue weighted by molar-refractivity contribution is 1.21. The number of pyridine rings is 1. The van der Waals surface area contributed by atoms with E-state index in [0.29, 0.717) is 0 Å². The second kappa shape index (κ2) is 10.7. The van der Waals surface area contributed by atoms with Crippen LogP contribution >= 0.6 is 0 Å². The summed E-state index contributed by atoms with van der Waals surface area (Å²) in [5.74, 6) is 0. The van der Waals surface area contributed by atoms with E-state index in [0.717, 1.165) is 44.3 Å². The average molecular weight is 599 g/mol. The average Bonchev–Trinajstić information content (AvgIpc) is 3.52. The van der Waals surface area contributed by atoms with E-state index >= 15 is 0 Å². The highest BCUT2D eigenvalue weighted by Gasteiger charge is 2.19. The number of hydrogen-bond donors (Lipinski definition) is 0. The molecule has 9 aromatic rings. The summed E-state index contributed by atoms with van der Waals surface area (Å²) in [6.45, 7) is 8.31. The lowest BCUT2D eigenvalue weighted by Gasteiger charge is -2.18. The van der Waals surface area contributed by atoms with Crippen LogP contribution in [0.4, 0.5) is 0 Å². The summed E-state index contributed by atoms with van der Waals surface area (Å²) >= 11 is 0. The normalized spacial score (nSPS) is 11.6. The Morgan fingerprint density at radius 2 is 0.936 bits per heavy atom. The van der Waals surface area contributed by atoms with Crippen LogP contribution in [0.1, 0.15) is 11.3 Å². The first-order valence-corrected chi connectivity index (χ1v) is 16.0. The van der Waals surface area contributed by atoms with E-state index in [4.69, 9.17) is 4.98 Å². The van der Waals surface area contributed by atoms with Gasteiger partial charge in [-0.2, -0.15) is 0 Å². The van der Waals surface area contributed by atoms with Gasteiger partial charge in [0.25, 0.3) is 0 Å². The van der Waals surface area contributed by atoms with E-state index < -0.39 is 0 Å². The van der Waals surface area contributed by atoms with Gasteiger partial charge in [-0.3, -0.25) is 4.40 Å². The van der Waals surface area contributed by atoms with Gasteiger partial charge in [-0.05, 0) is 78.5 Å². The van der Waals surface area contributed by atoms with E-state index in [-0.39, 0.29) is 0 Å². The van der Waals surface area contributed by atoms with Crippen molar-refractivity contribution in [3.63, 3.8) is 0 Å². The standard InChI is InChI=1S/C45H30N2/c1-3-33-34-16-8-13-21-39(34)45-46-40-28-32(26-27-42(40)47(45)41(33)4-2)44-37-19-11-9-17-35(37)43(36-18-10-12-20-38(36)44)31-24-22-30(23-25-31)29-14-6-5-7-15-29/h3-28H,1-2H2. The zero-order valence-corrected chi connectivity index (χ0v) is 25.8. The SMILES string of the molecule is C=Cc1c(C=C)n2c3ccc(-c4c5ccccc5c(-c5ccc(-c6ccccc6)cc5)c5ccccc45)cc3nc2c2ccccc12. The molecule has 47 heavy (non-hydrogen) atoms. The molecule has 0 aliphatic heterocycles. The molecule has 0 amide bonds. The number of rotatable bonds is 5. The van der Waals surface area contributed by atoms with Crippen molar-refractivity contribution in [1.82, 2.24) is 9.38 Å². The predicted octanol–water partition coefficient (Wildman–Crippen LogP) is 12.2. The number of hydrogen-bond acceptors (Lipinski definition) is 1. The summed E-state index contributed by atoms with van der Waals surface area (Å²) in [5.41, 5.74) is 12.3. The van der Waals surface area contributed by atoms with Crippen LogP contribution in [-0.2, 0) is 0 Å². The number of fused-ring (bicyclic) bond motifs is 7. The van der Waals surface area contributed by atoms with Crippen LogP contribution in [0, 0.1) is 0 Å². The van der Waals surface area contributed by atoms with Gasteiger partial charge in [-0.1, -0.05) is 153 Å². The van der Waals surface area contributed by atoms with Gasteiger partial charge in [0.1, 0.15) is 5.65 Å². The Morgan fingerprint density at radius 3 is 1.53 bits per heavy atom. The van der Waals surface area contributed by atoms with Crippen LogP contribution in [-0.4, -0.2) is 9.38 Å². The molecule has 220 valence electrons. The van der Waals surface area contributed by atoms with Gasteiger partial charge in [-0.15, -0.1) is 0 Å². The minimum absolute atomic E-state index is 0.928. The molecule has 0 atom stereocenters. The number of imidazole rings is 1. The van der Waals surface area contributed by atoms with Crippen LogP contribution < -0.4 is 0 Å². The molecule has 0 N–H and O–H groups in total. The molecular weight excluding hydrogens is 569 g/mol. The summed E-state index contributed by atoms with van der Waals surface area (Å²) in [4.78, 5) is 5.25. The second-order valence-electron chi connectivity index (χ2n) is 12.0. The van der Waals surface area contributed by atoms with Crippen molar-refractivity contribution in [1.29, 1.82) is 0 Å². The first-order valence-electron chi connectivity index (χ1n) is 16.0. The van der Waals surface area contributed by atoms with Crippen LogP contribution in [0.25, 0.3) is 94.5 Å². The molecule has 0 aliphatic carbocycles. The quantitative estimate of drug-likeness (QED) is 0.180. The van der Waals surface area contributed by atoms with Crippen molar-refractivity contribution in [3.8, 4) is 33.4 Å². The highest BCUT2D eigenvalue weighted by Crippen LogP contribution is 2.44. The van der Waals surface area contributed by atoms with Gasteiger partial charge in [0.05, 0.1) is 16.7 Å². The third kappa shape index (κ3) is 4.09. The molecule has 9 rings (SSSR count). The van der Waals surface area contributed by atoms with Gasteiger partial charge in [0.15, 0.2) is 0 Å². The minimum atomic E-state index is 0.928. The molecule has 0 spiro atoms. The summed E-state index contributed by atoms with van der Waals surface area (Å²) in [7, 11) is 0. The molecule has 0 aliphatic rings. The fourth-order valence-corrected chi connectivity index (χ4v) is 7.46. The molecule has 2 heteroatoms. The Bertz CT molecular complexity index is 2640. The summed E-state index contributed by atoms with van der Waals surface area (Å²) in [6.07, 6.45) is 3.84. The van der Waals surface area contributed by atoms with Gasteiger partial charge in [0.2, 0.25) is 0 Å². The zero-order valence-electron chi connectivity index (χ0n) is 25.8. The smallest absolute Gasteiger partial charge is 0.146 e. The maximum absolute atomic E-state index is 5.25. The highest BCUT2D eigenvalue weighted by molar-refractivity contribution is 6.21. The van der Waals surface area contributed by atoms with Crippen LogP contribution in [0.3, 0.4) is 0 Å².